The van der Waals surface area contributed by atoms with Gasteiger partial charge in [0.25, 0.3) is 0 Å². The summed E-state index contributed by atoms with van der Waals surface area (Å²) in [5.41, 5.74) is 2.44. The van der Waals surface area contributed by atoms with Crippen molar-refractivity contribution in [3.05, 3.63) is 69.3 Å². The minimum Gasteiger partial charge on any atom is -0.285 e. The molecule has 7 heteroatoms. The van der Waals surface area contributed by atoms with Crippen LogP contribution in [0.25, 0.3) is 17.0 Å². The Bertz CT molecular complexity index is 1030. The number of hydrogen-bond donors (Lipinski definition) is 0. The third kappa shape index (κ3) is 2.35. The van der Waals surface area contributed by atoms with Crippen LogP contribution in [0.4, 0.5) is 0 Å². The summed E-state index contributed by atoms with van der Waals surface area (Å²) in [5, 5.41) is 2.89. The highest BCUT2D eigenvalue weighted by Gasteiger charge is 2.16. The second-order valence-electron chi connectivity index (χ2n) is 5.12. The minimum absolute atomic E-state index is 0.162. The molecule has 0 unspecified atom stereocenters. The third-order valence-electron chi connectivity index (χ3n) is 3.55. The Labute approximate surface area is 135 Å². The minimum atomic E-state index is -0.162. The summed E-state index contributed by atoms with van der Waals surface area (Å²) in [5.74, 6) is 0.378. The van der Waals surface area contributed by atoms with Crippen molar-refractivity contribution in [3.8, 4) is 5.95 Å². The van der Waals surface area contributed by atoms with E-state index in [1.807, 2.05) is 36.6 Å². The molecule has 3 heterocycles. The fourth-order valence-corrected chi connectivity index (χ4v) is 3.33. The van der Waals surface area contributed by atoms with Gasteiger partial charge in [0, 0.05) is 23.5 Å². The number of rotatable bonds is 3. The Morgan fingerprint density at radius 1 is 1.09 bits per heavy atom. The molecule has 0 saturated heterocycles. The Morgan fingerprint density at radius 3 is 2.52 bits per heavy atom. The van der Waals surface area contributed by atoms with Crippen LogP contribution in [-0.4, -0.2) is 24.1 Å². The monoisotopic (exact) mass is 323 g/mol. The van der Waals surface area contributed by atoms with Crippen molar-refractivity contribution < 1.29 is 0 Å². The van der Waals surface area contributed by atoms with Gasteiger partial charge in [-0.05, 0) is 25.1 Å². The van der Waals surface area contributed by atoms with E-state index in [0.717, 1.165) is 21.7 Å². The summed E-state index contributed by atoms with van der Waals surface area (Å²) < 4.78 is 3.25. The lowest BCUT2D eigenvalue weighted by Crippen LogP contribution is -2.24. The Hall–Kier alpha value is -2.80. The summed E-state index contributed by atoms with van der Waals surface area (Å²) >= 11 is 1.56. The van der Waals surface area contributed by atoms with Crippen LogP contribution in [-0.2, 0) is 6.54 Å². The highest BCUT2D eigenvalue weighted by atomic mass is 32.1. The molecule has 0 atom stereocenters. The molecule has 0 N–H and O–H groups in total. The fourth-order valence-electron chi connectivity index (χ4n) is 2.57. The van der Waals surface area contributed by atoms with Crippen molar-refractivity contribution in [2.45, 2.75) is 13.5 Å². The maximum absolute atomic E-state index is 12.9. The summed E-state index contributed by atoms with van der Waals surface area (Å²) in [6, 6.07) is 9.38. The molecule has 0 spiro atoms. The highest BCUT2D eigenvalue weighted by Crippen LogP contribution is 2.18. The molecule has 3 aromatic heterocycles. The molecule has 0 aliphatic rings. The highest BCUT2D eigenvalue weighted by molar-refractivity contribution is 7.09. The molecule has 4 aromatic rings. The number of fused-ring (bicyclic) bond motifs is 1. The largest absolute Gasteiger partial charge is 0.336 e. The predicted octanol–water partition coefficient (Wildman–Crippen LogP) is 2.40. The normalized spacial score (nSPS) is 11.2. The summed E-state index contributed by atoms with van der Waals surface area (Å²) in [6.45, 7) is 2.39. The van der Waals surface area contributed by atoms with Gasteiger partial charge in [0.2, 0.25) is 5.95 Å². The molecule has 0 aliphatic heterocycles. The predicted molar refractivity (Wildman–Crippen MR) is 89.1 cm³/mol. The van der Waals surface area contributed by atoms with Crippen LogP contribution in [0.5, 0.6) is 0 Å². The van der Waals surface area contributed by atoms with E-state index in [2.05, 4.69) is 15.0 Å². The first-order chi connectivity index (χ1) is 11.2. The number of aryl methyl sites for hydroxylation is 1. The molecule has 0 amide bonds. The van der Waals surface area contributed by atoms with Gasteiger partial charge in [-0.25, -0.2) is 24.3 Å². The van der Waals surface area contributed by atoms with Gasteiger partial charge in [-0.15, -0.1) is 11.3 Å². The summed E-state index contributed by atoms with van der Waals surface area (Å²) in [4.78, 5) is 25.8. The molecular formula is C16H13N5OS. The SMILES string of the molecule is Cc1csc(Cn2c(=O)n(-c3ncccn3)c3ccccc32)n1. The van der Waals surface area contributed by atoms with Crippen molar-refractivity contribution >= 4 is 22.4 Å². The zero-order valence-electron chi connectivity index (χ0n) is 12.4. The van der Waals surface area contributed by atoms with Crippen molar-refractivity contribution in [3.63, 3.8) is 0 Å². The first-order valence-corrected chi connectivity index (χ1v) is 8.00. The van der Waals surface area contributed by atoms with Gasteiger partial charge in [0.1, 0.15) is 5.01 Å². The smallest absolute Gasteiger partial charge is 0.285 e. The van der Waals surface area contributed by atoms with E-state index in [1.165, 1.54) is 4.57 Å². The molecule has 0 bridgehead atoms. The van der Waals surface area contributed by atoms with Gasteiger partial charge in [-0.2, -0.15) is 0 Å². The van der Waals surface area contributed by atoms with Crippen molar-refractivity contribution in [1.82, 2.24) is 24.1 Å². The van der Waals surface area contributed by atoms with E-state index in [-0.39, 0.29) is 5.69 Å². The van der Waals surface area contributed by atoms with Crippen molar-refractivity contribution in [1.29, 1.82) is 0 Å². The van der Waals surface area contributed by atoms with Gasteiger partial charge in [0.05, 0.1) is 17.6 Å². The number of aromatic nitrogens is 5. The maximum Gasteiger partial charge on any atom is 0.336 e. The first-order valence-electron chi connectivity index (χ1n) is 7.13. The van der Waals surface area contributed by atoms with E-state index in [9.17, 15) is 4.79 Å². The van der Waals surface area contributed by atoms with E-state index in [0.29, 0.717) is 12.5 Å². The molecule has 1 aromatic carbocycles. The Balaban J connectivity index is 1.95. The molecule has 23 heavy (non-hydrogen) atoms. The van der Waals surface area contributed by atoms with E-state index < -0.39 is 0 Å². The lowest BCUT2D eigenvalue weighted by atomic mass is 10.3. The van der Waals surface area contributed by atoms with Gasteiger partial charge in [-0.1, -0.05) is 12.1 Å². The van der Waals surface area contributed by atoms with Crippen molar-refractivity contribution in [2.24, 2.45) is 0 Å². The average molecular weight is 323 g/mol. The molecule has 114 valence electrons. The van der Waals surface area contributed by atoms with Crippen LogP contribution in [0.2, 0.25) is 0 Å². The zero-order chi connectivity index (χ0) is 15.8. The van der Waals surface area contributed by atoms with E-state index in [4.69, 9.17) is 0 Å². The van der Waals surface area contributed by atoms with Gasteiger partial charge >= 0.3 is 5.69 Å². The molecular weight excluding hydrogens is 310 g/mol. The van der Waals surface area contributed by atoms with Crippen LogP contribution < -0.4 is 5.69 Å². The second-order valence-corrected chi connectivity index (χ2v) is 6.07. The first kappa shape index (κ1) is 13.8. The number of hydrogen-bond acceptors (Lipinski definition) is 5. The van der Waals surface area contributed by atoms with Crippen LogP contribution in [0.15, 0.2) is 52.9 Å². The van der Waals surface area contributed by atoms with Crippen LogP contribution in [0, 0.1) is 6.92 Å². The summed E-state index contributed by atoms with van der Waals surface area (Å²) in [7, 11) is 0. The molecule has 0 fully saturated rings. The number of para-hydroxylation sites is 2. The molecule has 6 nitrogen and oxygen atoms in total. The number of thiazole rings is 1. The maximum atomic E-state index is 12.9. The quantitative estimate of drug-likeness (QED) is 0.581. The topological polar surface area (TPSA) is 65.6 Å². The zero-order valence-corrected chi connectivity index (χ0v) is 13.2. The number of benzene rings is 1. The molecule has 0 aliphatic carbocycles. The standard InChI is InChI=1S/C16H13N5OS/c1-11-10-23-14(19-11)9-20-12-5-2-3-6-13(12)21(16(20)22)15-17-7-4-8-18-15/h2-8,10H,9H2,1H3. The van der Waals surface area contributed by atoms with Gasteiger partial charge in [0.15, 0.2) is 0 Å². The number of nitrogens with zero attached hydrogens (tertiary/aromatic N) is 5. The van der Waals surface area contributed by atoms with E-state index >= 15 is 0 Å². The van der Waals surface area contributed by atoms with Crippen LogP contribution >= 0.6 is 11.3 Å². The molecule has 0 radical (unpaired) electrons. The van der Waals surface area contributed by atoms with Gasteiger partial charge in [-0.3, -0.25) is 4.57 Å². The Kier molecular flexibility index (Phi) is 3.27. The van der Waals surface area contributed by atoms with Crippen molar-refractivity contribution in [2.75, 3.05) is 0 Å². The fraction of sp³-hybridized carbons (Fsp3) is 0.125. The third-order valence-corrected chi connectivity index (χ3v) is 4.50. The van der Waals surface area contributed by atoms with Crippen LogP contribution in [0.3, 0.4) is 0 Å². The second kappa shape index (κ2) is 5.44. The lowest BCUT2D eigenvalue weighted by molar-refractivity contribution is 0.745. The Morgan fingerprint density at radius 2 is 1.83 bits per heavy atom. The molecule has 4 rings (SSSR count). The summed E-state index contributed by atoms with van der Waals surface area (Å²) in [6.07, 6.45) is 3.26. The average Bonchev–Trinajstić information content (AvgIpc) is 3.11. The molecule has 0 saturated carbocycles. The lowest BCUT2D eigenvalue weighted by Gasteiger charge is -1.99. The van der Waals surface area contributed by atoms with Crippen LogP contribution in [0.1, 0.15) is 10.7 Å². The van der Waals surface area contributed by atoms with E-state index in [1.54, 1.807) is 34.4 Å². The number of imidazole rings is 1. The van der Waals surface area contributed by atoms with Gasteiger partial charge < -0.3 is 0 Å².